The lowest BCUT2D eigenvalue weighted by Gasteiger charge is -2.14. The number of carbonyl (C=O) groups excluding carboxylic acids is 2. The van der Waals surface area contributed by atoms with Crippen LogP contribution in [0.2, 0.25) is 10.0 Å². The van der Waals surface area contributed by atoms with E-state index in [0.29, 0.717) is 28.5 Å². The third-order valence-corrected chi connectivity index (χ3v) is 6.92. The molecule has 4 rings (SSSR count). The van der Waals surface area contributed by atoms with Gasteiger partial charge in [-0.1, -0.05) is 59.6 Å². The Labute approximate surface area is 258 Å². The number of methoxy groups -OCH3 is 2. The largest absolute Gasteiger partial charge is 0.497 e. The number of likely N-dealkylation sites (N-methyl/N-ethyl adjacent to an activating group) is 1. The van der Waals surface area contributed by atoms with Crippen LogP contribution >= 0.6 is 23.2 Å². The second kappa shape index (κ2) is 16.4. The van der Waals surface area contributed by atoms with Gasteiger partial charge in [0.2, 0.25) is 5.91 Å². The van der Waals surface area contributed by atoms with Crippen molar-refractivity contribution in [3.63, 3.8) is 0 Å². The molecule has 0 aromatic heterocycles. The van der Waals surface area contributed by atoms with Gasteiger partial charge in [0.15, 0.2) is 5.78 Å². The summed E-state index contributed by atoms with van der Waals surface area (Å²) in [4.78, 5) is 26.0. The predicted molar refractivity (Wildman–Crippen MR) is 172 cm³/mol. The fourth-order valence-corrected chi connectivity index (χ4v) is 4.28. The van der Waals surface area contributed by atoms with E-state index in [-0.39, 0.29) is 11.7 Å². The molecule has 7 heteroatoms. The van der Waals surface area contributed by atoms with E-state index in [2.05, 4.69) is 0 Å². The van der Waals surface area contributed by atoms with Gasteiger partial charge in [-0.2, -0.15) is 0 Å². The van der Waals surface area contributed by atoms with E-state index < -0.39 is 0 Å². The Morgan fingerprint density at radius 2 is 1.17 bits per heavy atom. The zero-order valence-corrected chi connectivity index (χ0v) is 25.8. The van der Waals surface area contributed by atoms with E-state index in [1.807, 2.05) is 78.9 Å². The van der Waals surface area contributed by atoms with Crippen molar-refractivity contribution >= 4 is 41.0 Å². The van der Waals surface area contributed by atoms with E-state index >= 15 is 0 Å². The molecule has 0 aliphatic rings. The summed E-state index contributed by atoms with van der Waals surface area (Å²) in [6, 6.07) is 29.9. The van der Waals surface area contributed by atoms with E-state index in [1.165, 1.54) is 0 Å². The van der Waals surface area contributed by atoms with Gasteiger partial charge in [-0.05, 0) is 89.9 Å². The van der Waals surface area contributed by atoms with Crippen molar-refractivity contribution in [2.75, 3.05) is 28.3 Å². The molecule has 0 saturated heterocycles. The Balaban J connectivity index is 0.000000235. The Bertz CT molecular complexity index is 1460. The third kappa shape index (κ3) is 10.4. The second-order valence-corrected chi connectivity index (χ2v) is 10.6. The first-order chi connectivity index (χ1) is 20.2. The van der Waals surface area contributed by atoms with Crippen LogP contribution < -0.4 is 9.47 Å². The fourth-order valence-electron chi connectivity index (χ4n) is 4.03. The summed E-state index contributed by atoms with van der Waals surface area (Å²) in [6.07, 6.45) is 3.69. The van der Waals surface area contributed by atoms with Crippen molar-refractivity contribution in [1.29, 1.82) is 0 Å². The van der Waals surface area contributed by atoms with E-state index in [1.54, 1.807) is 57.5 Å². The zero-order valence-electron chi connectivity index (χ0n) is 24.3. The molecule has 0 atom stereocenters. The van der Waals surface area contributed by atoms with Crippen LogP contribution in [-0.4, -0.2) is 44.9 Å². The molecule has 0 spiro atoms. The van der Waals surface area contributed by atoms with Crippen LogP contribution in [0.1, 0.15) is 33.5 Å². The number of Topliss-reactive ketones (excluding diaryl/α,β-unsaturated/α-hetero) is 1. The second-order valence-electron chi connectivity index (χ2n) is 9.72. The first kappa shape index (κ1) is 32.5. The number of aryl methyl sites for hydroxylation is 1. The fraction of sp³-hybridized carbons (Fsp3) is 0.200. The lowest BCUT2D eigenvalue weighted by Crippen LogP contribution is -2.24. The number of carbonyl (C=O) groups is 2. The maximum absolute atomic E-state index is 12.4. The molecule has 0 N–H and O–H groups in total. The van der Waals surface area contributed by atoms with Gasteiger partial charge in [0.1, 0.15) is 11.5 Å². The quantitative estimate of drug-likeness (QED) is 0.135. The number of rotatable bonds is 10. The number of amides is 1. The van der Waals surface area contributed by atoms with Crippen molar-refractivity contribution < 1.29 is 19.1 Å². The smallest absolute Gasteiger partial charge is 0.249 e. The van der Waals surface area contributed by atoms with E-state index in [9.17, 15) is 9.59 Å². The molecule has 218 valence electrons. The van der Waals surface area contributed by atoms with Crippen molar-refractivity contribution in [3.8, 4) is 11.5 Å². The van der Waals surface area contributed by atoms with Crippen molar-refractivity contribution in [1.82, 2.24) is 4.90 Å². The lowest BCUT2D eigenvalue weighted by molar-refractivity contribution is -0.124. The number of hydrogen-bond acceptors (Lipinski definition) is 4. The molecule has 4 aromatic rings. The van der Waals surface area contributed by atoms with Crippen LogP contribution in [0.3, 0.4) is 0 Å². The molecule has 0 radical (unpaired) electrons. The van der Waals surface area contributed by atoms with E-state index in [4.69, 9.17) is 32.7 Å². The summed E-state index contributed by atoms with van der Waals surface area (Å²) in [5, 5.41) is 1.32. The summed E-state index contributed by atoms with van der Waals surface area (Å²) in [6.45, 7) is 0. The summed E-state index contributed by atoms with van der Waals surface area (Å²) in [5.41, 5.74) is 4.57. The summed E-state index contributed by atoms with van der Waals surface area (Å²) in [5.74, 6) is 1.76. The first-order valence-electron chi connectivity index (χ1n) is 13.4. The van der Waals surface area contributed by atoms with Gasteiger partial charge in [-0.3, -0.25) is 9.59 Å². The minimum absolute atomic E-state index is 0.00392. The maximum Gasteiger partial charge on any atom is 0.249 e. The van der Waals surface area contributed by atoms with Crippen molar-refractivity contribution in [3.05, 3.63) is 135 Å². The number of nitrogens with zero attached hydrogens (tertiary/aromatic N) is 1. The normalized spacial score (nSPS) is 10.8. The van der Waals surface area contributed by atoms with Gasteiger partial charge in [-0.15, -0.1) is 0 Å². The highest BCUT2D eigenvalue weighted by atomic mass is 35.5. The maximum atomic E-state index is 12.4. The van der Waals surface area contributed by atoms with Crippen LogP contribution in [0.15, 0.2) is 103 Å². The number of ether oxygens (including phenoxy) is 2. The topological polar surface area (TPSA) is 55.8 Å². The minimum atomic E-state index is -0.00392. The van der Waals surface area contributed by atoms with Gasteiger partial charge < -0.3 is 14.4 Å². The van der Waals surface area contributed by atoms with Crippen LogP contribution in [0.5, 0.6) is 11.5 Å². The predicted octanol–water partition coefficient (Wildman–Crippen LogP) is 8.23. The summed E-state index contributed by atoms with van der Waals surface area (Å²) >= 11 is 11.7. The standard InChI is InChI=1S/C19H20ClNO2.C16H15ClO2/c1-21(2)19(22)16(12-14-4-8-17(20)9-5-14)13-15-6-10-18(23-3)11-7-15;1-19-15-9-2-12(3-10-15)4-11-16(18)13-5-7-14(17)8-6-13/h4-12H,13H2,1-3H3;2-3,5-10H,4,11H2,1H3. The highest BCUT2D eigenvalue weighted by Crippen LogP contribution is 2.19. The average molecular weight is 605 g/mol. The molecule has 1 amide bonds. The van der Waals surface area contributed by atoms with Gasteiger partial charge in [0.05, 0.1) is 14.2 Å². The van der Waals surface area contributed by atoms with Gasteiger partial charge >= 0.3 is 0 Å². The number of ketones is 1. The third-order valence-electron chi connectivity index (χ3n) is 6.41. The number of halogens is 2. The molecular weight excluding hydrogens is 569 g/mol. The lowest BCUT2D eigenvalue weighted by atomic mass is 10.0. The van der Waals surface area contributed by atoms with Crippen LogP contribution in [0.4, 0.5) is 0 Å². The van der Waals surface area contributed by atoms with Crippen LogP contribution in [0, 0.1) is 0 Å². The number of hydrogen-bond donors (Lipinski definition) is 0. The van der Waals surface area contributed by atoms with Crippen LogP contribution in [-0.2, 0) is 17.6 Å². The van der Waals surface area contributed by atoms with Crippen molar-refractivity contribution in [2.45, 2.75) is 19.3 Å². The average Bonchev–Trinajstić information content (AvgIpc) is 3.01. The summed E-state index contributed by atoms with van der Waals surface area (Å²) < 4.78 is 10.3. The van der Waals surface area contributed by atoms with E-state index in [0.717, 1.165) is 40.2 Å². The van der Waals surface area contributed by atoms with Gasteiger partial charge in [0.25, 0.3) is 0 Å². The molecule has 0 heterocycles. The number of benzene rings is 4. The highest BCUT2D eigenvalue weighted by molar-refractivity contribution is 6.30. The minimum Gasteiger partial charge on any atom is -0.497 e. The molecule has 0 fully saturated rings. The monoisotopic (exact) mass is 603 g/mol. The Kier molecular flexibility index (Phi) is 12.7. The highest BCUT2D eigenvalue weighted by Gasteiger charge is 2.13. The zero-order chi connectivity index (χ0) is 30.5. The van der Waals surface area contributed by atoms with Gasteiger partial charge in [-0.25, -0.2) is 0 Å². The molecule has 0 saturated carbocycles. The molecule has 0 bridgehead atoms. The first-order valence-corrected chi connectivity index (χ1v) is 14.2. The Morgan fingerprint density at radius 3 is 1.64 bits per heavy atom. The Hall–Kier alpha value is -4.06. The SMILES string of the molecule is COc1ccc(CC(=Cc2ccc(Cl)cc2)C(=O)N(C)C)cc1.COc1ccc(CCC(=O)c2ccc(Cl)cc2)cc1. The van der Waals surface area contributed by atoms with Crippen molar-refractivity contribution in [2.24, 2.45) is 0 Å². The summed E-state index contributed by atoms with van der Waals surface area (Å²) in [7, 11) is 6.79. The Morgan fingerprint density at radius 1 is 0.690 bits per heavy atom. The molecule has 0 aliphatic carbocycles. The molecule has 42 heavy (non-hydrogen) atoms. The molecule has 5 nitrogen and oxygen atoms in total. The molecule has 4 aromatic carbocycles. The molecular formula is C35H35Cl2NO4. The molecule has 0 unspecified atom stereocenters. The van der Waals surface area contributed by atoms with Crippen LogP contribution in [0.25, 0.3) is 6.08 Å². The molecule has 0 aliphatic heterocycles. The van der Waals surface area contributed by atoms with Gasteiger partial charge in [0, 0.05) is 48.1 Å².